The maximum absolute atomic E-state index is 3.71. The van der Waals surface area contributed by atoms with Crippen molar-refractivity contribution in [1.82, 2.24) is 0 Å². The van der Waals surface area contributed by atoms with Crippen LogP contribution in [0, 0.1) is 0 Å². The Morgan fingerprint density at radius 3 is 1.24 bits per heavy atom. The minimum Gasteiger partial charge on any atom is -0.381 e. The van der Waals surface area contributed by atoms with Crippen molar-refractivity contribution in [2.75, 3.05) is 23.7 Å². The second-order valence-electron chi connectivity index (χ2n) is 9.38. The first-order chi connectivity index (χ1) is 18.9. The van der Waals surface area contributed by atoms with Gasteiger partial charge in [0.05, 0.1) is 11.4 Å². The Kier molecular flexibility index (Phi) is 6.86. The molecular formula is C36H30N2. The van der Waals surface area contributed by atoms with Crippen LogP contribution in [-0.2, 0) is 0 Å². The van der Waals surface area contributed by atoms with Gasteiger partial charge in [-0.2, -0.15) is 0 Å². The van der Waals surface area contributed by atoms with E-state index in [1.807, 2.05) is 0 Å². The number of fused-ring (bicyclic) bond motifs is 2. The van der Waals surface area contributed by atoms with Gasteiger partial charge in [0.2, 0.25) is 0 Å². The van der Waals surface area contributed by atoms with Gasteiger partial charge in [0.1, 0.15) is 0 Å². The van der Waals surface area contributed by atoms with E-state index < -0.39 is 0 Å². The van der Waals surface area contributed by atoms with Crippen LogP contribution in [0.25, 0.3) is 43.8 Å². The molecule has 2 N–H and O–H groups in total. The first-order valence-electron chi connectivity index (χ1n) is 13.2. The van der Waals surface area contributed by atoms with E-state index >= 15 is 0 Å². The molecule has 2 nitrogen and oxygen atoms in total. The van der Waals surface area contributed by atoms with Crippen LogP contribution in [-0.4, -0.2) is 13.1 Å². The zero-order valence-corrected chi connectivity index (χ0v) is 21.3. The highest BCUT2D eigenvalue weighted by Crippen LogP contribution is 2.36. The van der Waals surface area contributed by atoms with Crippen LogP contribution >= 0.6 is 0 Å². The number of hydrogen-bond donors (Lipinski definition) is 2. The Hall–Kier alpha value is -4.82. The van der Waals surface area contributed by atoms with E-state index in [9.17, 15) is 0 Å². The molecule has 0 saturated carbocycles. The molecule has 0 aliphatic heterocycles. The van der Waals surface area contributed by atoms with Gasteiger partial charge in [0.15, 0.2) is 0 Å². The summed E-state index contributed by atoms with van der Waals surface area (Å²) in [6, 6.07) is 47.2. The summed E-state index contributed by atoms with van der Waals surface area (Å²) in [6.45, 7) is 1.49. The monoisotopic (exact) mass is 490 g/mol. The Morgan fingerprint density at radius 2 is 0.789 bits per heavy atom. The standard InChI is InChI=1S/C36H30N2/c1-3-13-27(14-4-1)33-23-21-29-17-7-9-19-31(29)35(33)37-25-11-12-26-38-36-32-20-10-8-18-30(32)22-24-34(36)28-15-5-2-6-16-28/h1-24,37-38H,25-26H2/b12-11+. The molecular weight excluding hydrogens is 460 g/mol. The van der Waals surface area contributed by atoms with Crippen molar-refractivity contribution in [1.29, 1.82) is 0 Å². The largest absolute Gasteiger partial charge is 0.381 e. The van der Waals surface area contributed by atoms with Gasteiger partial charge in [-0.1, -0.05) is 146 Å². The molecule has 6 aromatic carbocycles. The lowest BCUT2D eigenvalue weighted by atomic mass is 9.98. The Labute approximate surface area is 224 Å². The molecule has 0 aliphatic rings. The third-order valence-corrected chi connectivity index (χ3v) is 6.99. The molecule has 0 bridgehead atoms. The van der Waals surface area contributed by atoms with Crippen LogP contribution in [0.5, 0.6) is 0 Å². The molecule has 0 aromatic heterocycles. The fourth-order valence-electron chi connectivity index (χ4n) is 5.13. The summed E-state index contributed by atoms with van der Waals surface area (Å²) < 4.78 is 0. The Balaban J connectivity index is 1.22. The third kappa shape index (κ3) is 4.89. The van der Waals surface area contributed by atoms with Crippen molar-refractivity contribution in [2.24, 2.45) is 0 Å². The first-order valence-corrected chi connectivity index (χ1v) is 13.2. The molecule has 0 amide bonds. The summed E-state index contributed by atoms with van der Waals surface area (Å²) in [5, 5.41) is 12.4. The predicted octanol–water partition coefficient (Wildman–Crippen LogP) is 9.41. The van der Waals surface area contributed by atoms with E-state index in [4.69, 9.17) is 0 Å². The van der Waals surface area contributed by atoms with E-state index in [1.54, 1.807) is 0 Å². The van der Waals surface area contributed by atoms with E-state index in [2.05, 4.69) is 156 Å². The summed E-state index contributed by atoms with van der Waals surface area (Å²) in [5.41, 5.74) is 7.23. The highest BCUT2D eigenvalue weighted by atomic mass is 14.9. The minimum absolute atomic E-state index is 0.747. The summed E-state index contributed by atoms with van der Waals surface area (Å²) >= 11 is 0. The van der Waals surface area contributed by atoms with Crippen LogP contribution < -0.4 is 10.6 Å². The SMILES string of the molecule is C(=C\CNc1c(-c2ccccc2)ccc2ccccc12)/CNc1c(-c2ccccc2)ccc2ccccc12. The highest BCUT2D eigenvalue weighted by molar-refractivity contribution is 6.02. The smallest absolute Gasteiger partial charge is 0.0502 e. The molecule has 0 radical (unpaired) electrons. The predicted molar refractivity (Wildman–Crippen MR) is 165 cm³/mol. The van der Waals surface area contributed by atoms with E-state index in [-0.39, 0.29) is 0 Å². The van der Waals surface area contributed by atoms with Crippen molar-refractivity contribution in [2.45, 2.75) is 0 Å². The number of benzene rings is 6. The molecule has 0 saturated heterocycles. The molecule has 2 heteroatoms. The summed E-state index contributed by atoms with van der Waals surface area (Å²) in [7, 11) is 0. The molecule has 0 fully saturated rings. The van der Waals surface area contributed by atoms with Crippen LogP contribution in [0.2, 0.25) is 0 Å². The van der Waals surface area contributed by atoms with Crippen molar-refractivity contribution < 1.29 is 0 Å². The average Bonchev–Trinajstić information content (AvgIpc) is 2.99. The third-order valence-electron chi connectivity index (χ3n) is 6.99. The topological polar surface area (TPSA) is 24.1 Å². The summed E-state index contributed by atoms with van der Waals surface area (Å²) in [4.78, 5) is 0. The zero-order chi connectivity index (χ0) is 25.6. The fourth-order valence-corrected chi connectivity index (χ4v) is 5.13. The lowest BCUT2D eigenvalue weighted by Crippen LogP contribution is -2.04. The van der Waals surface area contributed by atoms with Gasteiger partial charge in [0, 0.05) is 35.0 Å². The minimum atomic E-state index is 0.747. The molecule has 38 heavy (non-hydrogen) atoms. The number of hydrogen-bond acceptors (Lipinski definition) is 2. The average molecular weight is 491 g/mol. The second-order valence-corrected chi connectivity index (χ2v) is 9.38. The summed E-state index contributed by atoms with van der Waals surface area (Å²) in [5.74, 6) is 0. The van der Waals surface area contributed by atoms with Gasteiger partial charge in [-0.05, 0) is 21.9 Å². The highest BCUT2D eigenvalue weighted by Gasteiger charge is 2.10. The number of nitrogens with one attached hydrogen (secondary N) is 2. The fraction of sp³-hybridized carbons (Fsp3) is 0.0556. The maximum Gasteiger partial charge on any atom is 0.0502 e. The van der Waals surface area contributed by atoms with Crippen LogP contribution in [0.15, 0.2) is 146 Å². The van der Waals surface area contributed by atoms with Gasteiger partial charge in [-0.15, -0.1) is 0 Å². The molecule has 184 valence electrons. The van der Waals surface area contributed by atoms with E-state index in [0.717, 1.165) is 13.1 Å². The Morgan fingerprint density at radius 1 is 0.395 bits per heavy atom. The van der Waals surface area contributed by atoms with Gasteiger partial charge in [-0.25, -0.2) is 0 Å². The molecule has 0 spiro atoms. The van der Waals surface area contributed by atoms with E-state index in [1.165, 1.54) is 55.2 Å². The van der Waals surface area contributed by atoms with Crippen molar-refractivity contribution in [3.8, 4) is 22.3 Å². The molecule has 0 atom stereocenters. The first kappa shape index (κ1) is 23.6. The van der Waals surface area contributed by atoms with Gasteiger partial charge < -0.3 is 10.6 Å². The van der Waals surface area contributed by atoms with Gasteiger partial charge in [-0.3, -0.25) is 0 Å². The van der Waals surface area contributed by atoms with E-state index in [0.29, 0.717) is 0 Å². The lowest BCUT2D eigenvalue weighted by Gasteiger charge is -2.15. The molecule has 0 unspecified atom stereocenters. The van der Waals surface area contributed by atoms with Crippen molar-refractivity contribution in [3.05, 3.63) is 146 Å². The van der Waals surface area contributed by atoms with Gasteiger partial charge >= 0.3 is 0 Å². The van der Waals surface area contributed by atoms with Crippen LogP contribution in [0.4, 0.5) is 11.4 Å². The second kappa shape index (κ2) is 11.1. The van der Waals surface area contributed by atoms with Crippen molar-refractivity contribution >= 4 is 32.9 Å². The molecule has 6 aromatic rings. The Bertz CT molecular complexity index is 1570. The molecule has 0 aliphatic carbocycles. The van der Waals surface area contributed by atoms with Crippen LogP contribution in [0.3, 0.4) is 0 Å². The molecule has 0 heterocycles. The van der Waals surface area contributed by atoms with Crippen molar-refractivity contribution in [3.63, 3.8) is 0 Å². The van der Waals surface area contributed by atoms with Gasteiger partial charge in [0.25, 0.3) is 0 Å². The zero-order valence-electron chi connectivity index (χ0n) is 21.3. The molecule has 6 rings (SSSR count). The number of rotatable bonds is 8. The summed E-state index contributed by atoms with van der Waals surface area (Å²) in [6.07, 6.45) is 4.41. The lowest BCUT2D eigenvalue weighted by molar-refractivity contribution is 1.29. The quantitative estimate of drug-likeness (QED) is 0.208. The number of anilines is 2. The normalized spacial score (nSPS) is 11.3. The maximum atomic E-state index is 3.71. The van der Waals surface area contributed by atoms with Crippen LogP contribution in [0.1, 0.15) is 0 Å².